The number of hydrogen-bond donors (Lipinski definition) is 2. The Kier molecular flexibility index (Phi) is 3.44. The highest BCUT2D eigenvalue weighted by atomic mass is 32.1. The predicted molar refractivity (Wildman–Crippen MR) is 67.3 cm³/mol. The number of aryl methyl sites for hydroxylation is 2. The van der Waals surface area contributed by atoms with Crippen LogP contribution in [0.25, 0.3) is 10.2 Å². The van der Waals surface area contributed by atoms with Gasteiger partial charge in [-0.05, 0) is 18.9 Å². The molecule has 0 spiro atoms. The Balaban J connectivity index is 2.63. The summed E-state index contributed by atoms with van der Waals surface area (Å²) in [5.41, 5.74) is 0.202. The summed E-state index contributed by atoms with van der Waals surface area (Å²) in [4.78, 5) is 27.8. The Bertz CT molecular complexity index is 659. The average Bonchev–Trinajstić information content (AvgIpc) is 2.67. The molecule has 0 saturated heterocycles. The van der Waals surface area contributed by atoms with E-state index in [2.05, 4.69) is 4.98 Å². The smallest absolute Gasteiger partial charge is 0.346 e. The molecule has 0 aliphatic rings. The van der Waals surface area contributed by atoms with Crippen molar-refractivity contribution in [3.63, 3.8) is 0 Å². The van der Waals surface area contributed by atoms with Gasteiger partial charge in [0, 0.05) is 13.2 Å². The lowest BCUT2D eigenvalue weighted by Crippen LogP contribution is -2.21. The van der Waals surface area contributed by atoms with Crippen molar-refractivity contribution in [3.8, 4) is 0 Å². The van der Waals surface area contributed by atoms with Crippen molar-refractivity contribution in [2.45, 2.75) is 19.9 Å². The van der Waals surface area contributed by atoms with Crippen LogP contribution in [0.4, 0.5) is 0 Å². The van der Waals surface area contributed by atoms with E-state index in [9.17, 15) is 9.59 Å². The largest absolute Gasteiger partial charge is 0.477 e. The Labute approximate surface area is 106 Å². The van der Waals surface area contributed by atoms with Crippen molar-refractivity contribution < 1.29 is 15.0 Å². The number of carboxylic acids is 1. The molecule has 2 N–H and O–H groups in total. The fourth-order valence-electron chi connectivity index (χ4n) is 1.76. The summed E-state index contributed by atoms with van der Waals surface area (Å²) in [6, 6.07) is 0. The first kappa shape index (κ1) is 12.7. The highest BCUT2D eigenvalue weighted by Gasteiger charge is 2.18. The van der Waals surface area contributed by atoms with Gasteiger partial charge in [0.25, 0.3) is 5.56 Å². The summed E-state index contributed by atoms with van der Waals surface area (Å²) in [5.74, 6) is -1.04. The zero-order valence-corrected chi connectivity index (χ0v) is 10.5. The minimum absolute atomic E-state index is 0.00648. The first-order chi connectivity index (χ1) is 8.56. The van der Waals surface area contributed by atoms with E-state index < -0.39 is 5.97 Å². The van der Waals surface area contributed by atoms with Gasteiger partial charge in [-0.3, -0.25) is 9.36 Å². The Hall–Kier alpha value is -1.73. The molecular formula is C11H12N2O4S. The first-order valence-corrected chi connectivity index (χ1v) is 6.20. The van der Waals surface area contributed by atoms with E-state index >= 15 is 0 Å². The maximum absolute atomic E-state index is 12.1. The van der Waals surface area contributed by atoms with Crippen LogP contribution in [0.2, 0.25) is 0 Å². The molecule has 0 atom stereocenters. The molecule has 7 heteroatoms. The maximum Gasteiger partial charge on any atom is 0.346 e. The molecule has 2 aromatic rings. The number of nitrogens with zero attached hydrogens (tertiary/aromatic N) is 2. The highest BCUT2D eigenvalue weighted by Crippen LogP contribution is 2.26. The van der Waals surface area contributed by atoms with E-state index in [4.69, 9.17) is 10.2 Å². The number of fused-ring (bicyclic) bond motifs is 1. The average molecular weight is 268 g/mol. The number of aromatic carboxylic acids is 1. The third-order valence-corrected chi connectivity index (χ3v) is 3.86. The number of carbonyl (C=O) groups is 1. The van der Waals surface area contributed by atoms with Gasteiger partial charge in [-0.2, -0.15) is 0 Å². The molecular weight excluding hydrogens is 256 g/mol. The number of carboxylic acid groups (broad SMARTS) is 1. The molecule has 0 fully saturated rings. The molecule has 96 valence electrons. The third-order valence-electron chi connectivity index (χ3n) is 2.67. The van der Waals surface area contributed by atoms with E-state index in [1.54, 1.807) is 6.92 Å². The normalized spacial score (nSPS) is 11.0. The second kappa shape index (κ2) is 4.87. The van der Waals surface area contributed by atoms with Gasteiger partial charge in [0.15, 0.2) is 0 Å². The van der Waals surface area contributed by atoms with Crippen LogP contribution in [0.5, 0.6) is 0 Å². The molecule has 0 unspecified atom stereocenters. The van der Waals surface area contributed by atoms with E-state index in [0.29, 0.717) is 28.7 Å². The summed E-state index contributed by atoms with van der Waals surface area (Å²) in [7, 11) is 0. The van der Waals surface area contributed by atoms with Gasteiger partial charge in [0.1, 0.15) is 9.71 Å². The fourth-order valence-corrected chi connectivity index (χ4v) is 2.74. The number of aliphatic hydroxyl groups is 1. The van der Waals surface area contributed by atoms with Gasteiger partial charge < -0.3 is 10.2 Å². The van der Waals surface area contributed by atoms with Crippen molar-refractivity contribution in [1.29, 1.82) is 0 Å². The topological polar surface area (TPSA) is 92.4 Å². The molecule has 0 aliphatic carbocycles. The van der Waals surface area contributed by atoms with Gasteiger partial charge in [-0.1, -0.05) is 0 Å². The summed E-state index contributed by atoms with van der Waals surface area (Å²) >= 11 is 1.01. The molecule has 2 aromatic heterocycles. The van der Waals surface area contributed by atoms with Gasteiger partial charge in [-0.25, -0.2) is 9.78 Å². The molecule has 0 aromatic carbocycles. The molecule has 2 heterocycles. The fraction of sp³-hybridized carbons (Fsp3) is 0.364. The lowest BCUT2D eigenvalue weighted by atomic mass is 10.2. The van der Waals surface area contributed by atoms with Crippen molar-refractivity contribution in [1.82, 2.24) is 9.55 Å². The highest BCUT2D eigenvalue weighted by molar-refractivity contribution is 7.20. The summed E-state index contributed by atoms with van der Waals surface area (Å²) in [6.07, 6.45) is 1.85. The minimum atomic E-state index is -1.04. The Morgan fingerprint density at radius 2 is 2.28 bits per heavy atom. The van der Waals surface area contributed by atoms with Crippen LogP contribution in [0.15, 0.2) is 11.1 Å². The number of aromatic nitrogens is 2. The van der Waals surface area contributed by atoms with Crippen LogP contribution in [0.3, 0.4) is 0 Å². The quantitative estimate of drug-likeness (QED) is 0.857. The molecule has 6 nitrogen and oxygen atoms in total. The lowest BCUT2D eigenvalue weighted by molar-refractivity contribution is 0.0701. The van der Waals surface area contributed by atoms with Crippen LogP contribution in [-0.4, -0.2) is 32.3 Å². The summed E-state index contributed by atoms with van der Waals surface area (Å²) in [6.45, 7) is 1.98. The SMILES string of the molecule is Cc1c(C(=O)O)sc2ncn(CCCO)c(=O)c12. The van der Waals surface area contributed by atoms with Gasteiger partial charge >= 0.3 is 5.97 Å². The molecule has 0 saturated carbocycles. The summed E-state index contributed by atoms with van der Waals surface area (Å²) in [5, 5.41) is 18.1. The number of aliphatic hydroxyl groups excluding tert-OH is 1. The lowest BCUT2D eigenvalue weighted by Gasteiger charge is -2.03. The number of rotatable bonds is 4. The van der Waals surface area contributed by atoms with E-state index in [-0.39, 0.29) is 17.0 Å². The van der Waals surface area contributed by atoms with Crippen molar-refractivity contribution in [2.75, 3.05) is 6.61 Å². The molecule has 0 bridgehead atoms. The standard InChI is InChI=1S/C11H12N2O4S/c1-6-7-9(18-8(6)11(16)17)12-5-13(10(7)15)3-2-4-14/h5,14H,2-4H2,1H3,(H,16,17). The van der Waals surface area contributed by atoms with Crippen LogP contribution in [0, 0.1) is 6.92 Å². The van der Waals surface area contributed by atoms with E-state index in [1.165, 1.54) is 10.9 Å². The van der Waals surface area contributed by atoms with Gasteiger partial charge in [0.2, 0.25) is 0 Å². The van der Waals surface area contributed by atoms with Crippen LogP contribution >= 0.6 is 11.3 Å². The zero-order valence-electron chi connectivity index (χ0n) is 9.71. The van der Waals surface area contributed by atoms with Crippen LogP contribution in [0.1, 0.15) is 21.7 Å². The molecule has 2 rings (SSSR count). The number of thiophene rings is 1. The predicted octanol–water partition coefficient (Wildman–Crippen LogP) is 0.847. The number of hydrogen-bond acceptors (Lipinski definition) is 5. The first-order valence-electron chi connectivity index (χ1n) is 5.39. The Morgan fingerprint density at radius 3 is 2.89 bits per heavy atom. The minimum Gasteiger partial charge on any atom is -0.477 e. The van der Waals surface area contributed by atoms with Crippen LogP contribution in [-0.2, 0) is 6.54 Å². The molecule has 0 amide bonds. The van der Waals surface area contributed by atoms with Crippen LogP contribution < -0.4 is 5.56 Å². The second-order valence-corrected chi connectivity index (χ2v) is 4.86. The van der Waals surface area contributed by atoms with E-state index in [1.807, 2.05) is 0 Å². The monoisotopic (exact) mass is 268 g/mol. The molecule has 0 radical (unpaired) electrons. The second-order valence-electron chi connectivity index (χ2n) is 3.86. The van der Waals surface area contributed by atoms with E-state index in [0.717, 1.165) is 11.3 Å². The van der Waals surface area contributed by atoms with Gasteiger partial charge in [-0.15, -0.1) is 11.3 Å². The third kappa shape index (κ3) is 2.02. The zero-order chi connectivity index (χ0) is 13.3. The Morgan fingerprint density at radius 1 is 1.56 bits per heavy atom. The van der Waals surface area contributed by atoms with Crippen molar-refractivity contribution in [2.24, 2.45) is 0 Å². The van der Waals surface area contributed by atoms with Gasteiger partial charge in [0.05, 0.1) is 11.7 Å². The van der Waals surface area contributed by atoms with Crippen molar-refractivity contribution >= 4 is 27.5 Å². The van der Waals surface area contributed by atoms with Crippen molar-refractivity contribution in [3.05, 3.63) is 27.1 Å². The molecule has 18 heavy (non-hydrogen) atoms. The summed E-state index contributed by atoms with van der Waals surface area (Å²) < 4.78 is 1.39. The molecule has 0 aliphatic heterocycles. The maximum atomic E-state index is 12.1.